The summed E-state index contributed by atoms with van der Waals surface area (Å²) < 4.78 is 5.70. The number of hydrogen-bond donors (Lipinski definition) is 0. The van der Waals surface area contributed by atoms with Gasteiger partial charge in [-0.3, -0.25) is 4.79 Å². The van der Waals surface area contributed by atoms with Gasteiger partial charge in [-0.05, 0) is 36.8 Å². The lowest BCUT2D eigenvalue weighted by molar-refractivity contribution is -0.161. The fraction of sp³-hybridized carbons (Fsp3) is 0.650. The lowest BCUT2D eigenvalue weighted by atomic mass is 9.90. The van der Waals surface area contributed by atoms with E-state index in [9.17, 15) is 4.79 Å². The second-order valence-electron chi connectivity index (χ2n) is 6.50. The van der Waals surface area contributed by atoms with Gasteiger partial charge in [-0.2, -0.15) is 0 Å². The molecule has 0 radical (unpaired) electrons. The van der Waals surface area contributed by atoms with Gasteiger partial charge in [0.05, 0.1) is 5.92 Å². The fourth-order valence-electron chi connectivity index (χ4n) is 3.22. The average molecular weight is 302 g/mol. The Balaban J connectivity index is 1.78. The molecule has 0 spiro atoms. The van der Waals surface area contributed by atoms with E-state index in [1.807, 2.05) is 0 Å². The van der Waals surface area contributed by atoms with E-state index in [1.165, 1.54) is 31.2 Å². The van der Waals surface area contributed by atoms with Gasteiger partial charge in [-0.25, -0.2) is 0 Å². The molecule has 122 valence electrons. The number of ether oxygens (including phenoxy) is 1. The molecule has 22 heavy (non-hydrogen) atoms. The average Bonchev–Trinajstić information content (AvgIpc) is 2.56. The molecule has 0 N–H and O–H groups in total. The number of hydrogen-bond acceptors (Lipinski definition) is 2. The number of carbonyl (C=O) groups is 1. The summed E-state index contributed by atoms with van der Waals surface area (Å²) in [6.07, 6.45) is 10.3. The minimum atomic E-state index is -0.0326. The van der Waals surface area contributed by atoms with Crippen LogP contribution in [0, 0.1) is 5.92 Å². The fourth-order valence-corrected chi connectivity index (χ4v) is 3.22. The first-order valence-electron chi connectivity index (χ1n) is 9.04. The molecule has 2 heteroatoms. The van der Waals surface area contributed by atoms with Crippen LogP contribution in [0.15, 0.2) is 24.3 Å². The van der Waals surface area contributed by atoms with Crippen molar-refractivity contribution in [3.63, 3.8) is 0 Å². The van der Waals surface area contributed by atoms with Crippen molar-refractivity contribution >= 4 is 5.97 Å². The first kappa shape index (κ1) is 17.1. The summed E-state index contributed by atoms with van der Waals surface area (Å²) in [6, 6.07) is 8.51. The molecule has 1 aromatic rings. The second kappa shape index (κ2) is 8.97. The molecule has 0 aromatic heterocycles. The van der Waals surface area contributed by atoms with Crippen LogP contribution in [0.5, 0.6) is 0 Å². The number of benzene rings is 1. The zero-order chi connectivity index (χ0) is 15.8. The van der Waals surface area contributed by atoms with Crippen LogP contribution in [0.2, 0.25) is 0 Å². The molecule has 0 saturated carbocycles. The predicted molar refractivity (Wildman–Crippen MR) is 90.8 cm³/mol. The molecule has 2 unspecified atom stereocenters. The number of unbranched alkanes of at least 4 members (excludes halogenated alkanes) is 4. The van der Waals surface area contributed by atoms with Crippen LogP contribution in [0.4, 0.5) is 0 Å². The van der Waals surface area contributed by atoms with Crippen molar-refractivity contribution in [2.24, 2.45) is 5.92 Å². The topological polar surface area (TPSA) is 26.3 Å². The standard InChI is InChI=1S/C20H30O2/c1-3-5-6-7-8-9-18-14-15-19(22-20(18)21)17-12-10-16(4-2)11-13-17/h10-13,18-19H,3-9,14-15H2,1-2H3. The summed E-state index contributed by atoms with van der Waals surface area (Å²) >= 11 is 0. The molecule has 1 aromatic carbocycles. The van der Waals surface area contributed by atoms with Crippen LogP contribution in [0.3, 0.4) is 0 Å². The van der Waals surface area contributed by atoms with E-state index in [0.717, 1.165) is 37.7 Å². The van der Waals surface area contributed by atoms with E-state index in [0.29, 0.717) is 0 Å². The monoisotopic (exact) mass is 302 g/mol. The maximum absolute atomic E-state index is 12.2. The molecule has 2 nitrogen and oxygen atoms in total. The lowest BCUT2D eigenvalue weighted by Gasteiger charge is -2.28. The van der Waals surface area contributed by atoms with Crippen LogP contribution in [0.25, 0.3) is 0 Å². The molecule has 1 aliphatic rings. The molecule has 1 aliphatic heterocycles. The van der Waals surface area contributed by atoms with Crippen molar-refractivity contribution < 1.29 is 9.53 Å². The smallest absolute Gasteiger partial charge is 0.309 e. The number of rotatable bonds is 8. The highest BCUT2D eigenvalue weighted by Gasteiger charge is 2.30. The molecule has 1 heterocycles. The Morgan fingerprint density at radius 3 is 2.36 bits per heavy atom. The van der Waals surface area contributed by atoms with Crippen molar-refractivity contribution in [1.82, 2.24) is 0 Å². The minimum absolute atomic E-state index is 0.0197. The molecule has 1 saturated heterocycles. The summed E-state index contributed by atoms with van der Waals surface area (Å²) in [5.41, 5.74) is 2.47. The maximum Gasteiger partial charge on any atom is 0.309 e. The van der Waals surface area contributed by atoms with E-state index >= 15 is 0 Å². The molecule has 2 atom stereocenters. The molecular weight excluding hydrogens is 272 g/mol. The summed E-state index contributed by atoms with van der Waals surface area (Å²) in [4.78, 5) is 12.2. The zero-order valence-corrected chi connectivity index (χ0v) is 14.1. The largest absolute Gasteiger partial charge is 0.457 e. The third kappa shape index (κ3) is 4.86. The number of cyclic esters (lactones) is 1. The lowest BCUT2D eigenvalue weighted by Crippen LogP contribution is -2.26. The maximum atomic E-state index is 12.2. The van der Waals surface area contributed by atoms with Crippen LogP contribution in [0.1, 0.15) is 82.4 Å². The zero-order valence-electron chi connectivity index (χ0n) is 14.1. The summed E-state index contributed by atoms with van der Waals surface area (Å²) in [5, 5.41) is 0. The molecule has 2 rings (SSSR count). The van der Waals surface area contributed by atoms with Crippen molar-refractivity contribution in [3.05, 3.63) is 35.4 Å². The second-order valence-corrected chi connectivity index (χ2v) is 6.50. The summed E-state index contributed by atoms with van der Waals surface area (Å²) in [5.74, 6) is 0.152. The van der Waals surface area contributed by atoms with Gasteiger partial charge in [0.2, 0.25) is 0 Å². The van der Waals surface area contributed by atoms with Crippen LogP contribution >= 0.6 is 0 Å². The van der Waals surface area contributed by atoms with Gasteiger partial charge in [0, 0.05) is 0 Å². The van der Waals surface area contributed by atoms with Gasteiger partial charge in [0.15, 0.2) is 0 Å². The Morgan fingerprint density at radius 2 is 1.73 bits per heavy atom. The van der Waals surface area contributed by atoms with Crippen molar-refractivity contribution in [2.45, 2.75) is 77.7 Å². The van der Waals surface area contributed by atoms with E-state index in [-0.39, 0.29) is 18.0 Å². The molecule has 1 fully saturated rings. The van der Waals surface area contributed by atoms with Crippen molar-refractivity contribution in [1.29, 1.82) is 0 Å². The minimum Gasteiger partial charge on any atom is -0.457 e. The van der Waals surface area contributed by atoms with Crippen molar-refractivity contribution in [2.75, 3.05) is 0 Å². The normalized spacial score (nSPS) is 21.6. The van der Waals surface area contributed by atoms with E-state index in [4.69, 9.17) is 4.74 Å². The van der Waals surface area contributed by atoms with Crippen LogP contribution in [-0.2, 0) is 16.0 Å². The Labute approximate surface area is 135 Å². The highest BCUT2D eigenvalue weighted by molar-refractivity contribution is 5.73. The van der Waals surface area contributed by atoms with Gasteiger partial charge in [0.1, 0.15) is 6.10 Å². The van der Waals surface area contributed by atoms with Crippen LogP contribution in [-0.4, -0.2) is 5.97 Å². The van der Waals surface area contributed by atoms with Gasteiger partial charge >= 0.3 is 5.97 Å². The van der Waals surface area contributed by atoms with E-state index in [2.05, 4.69) is 38.1 Å². The molecule has 0 aliphatic carbocycles. The Morgan fingerprint density at radius 1 is 1.00 bits per heavy atom. The molecular formula is C20H30O2. The van der Waals surface area contributed by atoms with E-state index in [1.54, 1.807) is 0 Å². The summed E-state index contributed by atoms with van der Waals surface area (Å²) in [6.45, 7) is 4.38. The number of carbonyl (C=O) groups excluding carboxylic acids is 1. The predicted octanol–water partition coefficient (Wildman–Crippen LogP) is 5.60. The van der Waals surface area contributed by atoms with Crippen molar-refractivity contribution in [3.8, 4) is 0 Å². The highest BCUT2D eigenvalue weighted by Crippen LogP contribution is 2.33. The van der Waals surface area contributed by atoms with Gasteiger partial charge < -0.3 is 4.74 Å². The van der Waals surface area contributed by atoms with Gasteiger partial charge in [-0.15, -0.1) is 0 Å². The molecule has 0 amide bonds. The number of esters is 1. The number of aryl methyl sites for hydroxylation is 1. The van der Waals surface area contributed by atoms with Gasteiger partial charge in [0.25, 0.3) is 0 Å². The van der Waals surface area contributed by atoms with Gasteiger partial charge in [-0.1, -0.05) is 70.2 Å². The third-order valence-corrected chi connectivity index (χ3v) is 4.78. The Hall–Kier alpha value is -1.31. The first-order chi connectivity index (χ1) is 10.7. The Kier molecular flexibility index (Phi) is 6.95. The first-order valence-corrected chi connectivity index (χ1v) is 9.04. The Bertz CT molecular complexity index is 449. The third-order valence-electron chi connectivity index (χ3n) is 4.78. The summed E-state index contributed by atoms with van der Waals surface area (Å²) in [7, 11) is 0. The SMILES string of the molecule is CCCCCCCC1CCC(c2ccc(CC)cc2)OC1=O. The van der Waals surface area contributed by atoms with Crippen LogP contribution < -0.4 is 0 Å². The molecule has 0 bridgehead atoms. The quantitative estimate of drug-likeness (QED) is 0.461. The highest BCUT2D eigenvalue weighted by atomic mass is 16.5. The van der Waals surface area contributed by atoms with E-state index < -0.39 is 0 Å².